The first-order chi connectivity index (χ1) is 7.56. The quantitative estimate of drug-likeness (QED) is 0.785. The van der Waals surface area contributed by atoms with Crippen LogP contribution in [0.2, 0.25) is 5.02 Å². The number of hydrogen-bond acceptors (Lipinski definition) is 4. The molecule has 0 radical (unpaired) electrons. The number of amides is 2. The summed E-state index contributed by atoms with van der Waals surface area (Å²) in [5.41, 5.74) is 0. The smallest absolute Gasteiger partial charge is 0.246 e. The third-order valence-electron chi connectivity index (χ3n) is 2.04. The lowest BCUT2D eigenvalue weighted by Crippen LogP contribution is -2.51. The molecule has 0 bridgehead atoms. The Labute approximate surface area is 105 Å². The second-order valence-electron chi connectivity index (χ2n) is 3.29. The Balaban J connectivity index is 2.29. The minimum atomic E-state index is -0.350. The highest BCUT2D eigenvalue weighted by Gasteiger charge is 2.24. The van der Waals surface area contributed by atoms with E-state index in [1.165, 1.54) is 4.90 Å². The maximum Gasteiger partial charge on any atom is 0.246 e. The maximum absolute atomic E-state index is 11.2. The van der Waals surface area contributed by atoms with Crippen LogP contribution in [0.15, 0.2) is 16.7 Å². The zero-order valence-electron chi connectivity index (χ0n) is 8.04. The van der Waals surface area contributed by atoms with Gasteiger partial charge in [-0.25, -0.2) is 4.98 Å². The number of piperazine rings is 1. The molecular weight excluding hydrogens is 297 g/mol. The zero-order valence-corrected chi connectivity index (χ0v) is 10.4. The Morgan fingerprint density at radius 1 is 1.38 bits per heavy atom. The highest BCUT2D eigenvalue weighted by atomic mass is 79.9. The lowest BCUT2D eigenvalue weighted by molar-refractivity contribution is -0.130. The number of halogens is 2. The molecule has 84 valence electrons. The molecule has 1 aromatic heterocycles. The van der Waals surface area contributed by atoms with E-state index in [0.29, 0.717) is 10.8 Å². The molecule has 2 amide bonds. The van der Waals surface area contributed by atoms with E-state index in [1.807, 2.05) is 0 Å². The fourth-order valence-electron chi connectivity index (χ4n) is 1.43. The van der Waals surface area contributed by atoms with Crippen LogP contribution in [0.3, 0.4) is 0 Å². The predicted molar refractivity (Wildman–Crippen MR) is 62.3 cm³/mol. The summed E-state index contributed by atoms with van der Waals surface area (Å²) in [6.07, 6.45) is 1.57. The van der Waals surface area contributed by atoms with Crippen LogP contribution in [0.4, 0.5) is 5.82 Å². The predicted octanol–water partition coefficient (Wildman–Crippen LogP) is 0.960. The average molecular weight is 305 g/mol. The van der Waals surface area contributed by atoms with Gasteiger partial charge in [0.1, 0.15) is 5.82 Å². The van der Waals surface area contributed by atoms with Crippen LogP contribution in [0.5, 0.6) is 0 Å². The van der Waals surface area contributed by atoms with Gasteiger partial charge in [-0.15, -0.1) is 0 Å². The van der Waals surface area contributed by atoms with Crippen molar-refractivity contribution in [3.63, 3.8) is 0 Å². The van der Waals surface area contributed by atoms with Gasteiger partial charge in [0.05, 0.1) is 18.1 Å². The van der Waals surface area contributed by atoms with Gasteiger partial charge in [0, 0.05) is 10.7 Å². The third-order valence-corrected chi connectivity index (χ3v) is 2.75. The summed E-state index contributed by atoms with van der Waals surface area (Å²) >= 11 is 9.21. The van der Waals surface area contributed by atoms with E-state index in [9.17, 15) is 9.59 Å². The number of anilines is 1. The molecule has 1 aromatic rings. The van der Waals surface area contributed by atoms with Gasteiger partial charge >= 0.3 is 0 Å². The van der Waals surface area contributed by atoms with Crippen molar-refractivity contribution in [2.24, 2.45) is 0 Å². The second kappa shape index (κ2) is 4.39. The molecule has 2 rings (SSSR count). The summed E-state index contributed by atoms with van der Waals surface area (Å²) in [5, 5.41) is 2.61. The Hall–Kier alpha value is -1.14. The second-order valence-corrected chi connectivity index (χ2v) is 4.61. The molecule has 7 heteroatoms. The van der Waals surface area contributed by atoms with Crippen LogP contribution >= 0.6 is 27.5 Å². The van der Waals surface area contributed by atoms with Gasteiger partial charge in [-0.05, 0) is 22.0 Å². The minimum absolute atomic E-state index is 0.0834. The van der Waals surface area contributed by atoms with Crippen LogP contribution < -0.4 is 10.2 Å². The molecule has 0 aromatic carbocycles. The number of carbonyl (C=O) groups excluding carboxylic acids is 2. The van der Waals surface area contributed by atoms with Crippen molar-refractivity contribution in [2.75, 3.05) is 18.0 Å². The number of pyridine rings is 1. The van der Waals surface area contributed by atoms with E-state index in [2.05, 4.69) is 26.2 Å². The summed E-state index contributed by atoms with van der Waals surface area (Å²) in [6, 6.07) is 1.67. The molecule has 0 atom stereocenters. The highest BCUT2D eigenvalue weighted by Crippen LogP contribution is 2.26. The lowest BCUT2D eigenvalue weighted by atomic mass is 10.3. The lowest BCUT2D eigenvalue weighted by Gasteiger charge is -2.26. The number of hydrogen-bond donors (Lipinski definition) is 1. The molecule has 0 spiro atoms. The van der Waals surface area contributed by atoms with Crippen molar-refractivity contribution in [1.82, 2.24) is 10.3 Å². The first-order valence-corrected chi connectivity index (χ1v) is 5.62. The van der Waals surface area contributed by atoms with Gasteiger partial charge in [0.15, 0.2) is 0 Å². The van der Waals surface area contributed by atoms with Crippen molar-refractivity contribution < 1.29 is 9.59 Å². The number of nitrogens with one attached hydrogen (secondary N) is 1. The molecule has 1 N–H and O–H groups in total. The van der Waals surface area contributed by atoms with Gasteiger partial charge in [0.2, 0.25) is 11.8 Å². The van der Waals surface area contributed by atoms with Gasteiger partial charge in [0.25, 0.3) is 0 Å². The van der Waals surface area contributed by atoms with E-state index in [-0.39, 0.29) is 24.9 Å². The summed E-state index contributed by atoms with van der Waals surface area (Å²) in [5.74, 6) is -0.262. The fourth-order valence-corrected chi connectivity index (χ4v) is 2.18. The summed E-state index contributed by atoms with van der Waals surface area (Å²) < 4.78 is 0.744. The van der Waals surface area contributed by atoms with Crippen LogP contribution in [0.1, 0.15) is 0 Å². The van der Waals surface area contributed by atoms with Crippen molar-refractivity contribution >= 4 is 45.2 Å². The van der Waals surface area contributed by atoms with Crippen LogP contribution in [-0.4, -0.2) is 29.9 Å². The number of aromatic nitrogens is 1. The Morgan fingerprint density at radius 2 is 2.00 bits per heavy atom. The Kier molecular flexibility index (Phi) is 3.11. The third kappa shape index (κ3) is 2.33. The van der Waals surface area contributed by atoms with Crippen molar-refractivity contribution in [3.8, 4) is 0 Å². The molecule has 2 heterocycles. The topological polar surface area (TPSA) is 62.3 Å². The highest BCUT2D eigenvalue weighted by molar-refractivity contribution is 9.10. The van der Waals surface area contributed by atoms with Crippen LogP contribution in [0, 0.1) is 0 Å². The fraction of sp³-hybridized carbons (Fsp3) is 0.222. The van der Waals surface area contributed by atoms with E-state index >= 15 is 0 Å². The maximum atomic E-state index is 11.2. The molecule has 0 unspecified atom stereocenters. The Morgan fingerprint density at radius 3 is 2.56 bits per heavy atom. The number of carbonyl (C=O) groups is 2. The van der Waals surface area contributed by atoms with Crippen molar-refractivity contribution in [3.05, 3.63) is 21.8 Å². The summed E-state index contributed by atoms with van der Waals surface area (Å²) in [4.78, 5) is 28.0. The molecule has 0 saturated carbocycles. The van der Waals surface area contributed by atoms with Crippen LogP contribution in [-0.2, 0) is 9.59 Å². The van der Waals surface area contributed by atoms with Crippen LogP contribution in [0.25, 0.3) is 0 Å². The molecular formula is C9H7BrClN3O2. The molecule has 16 heavy (non-hydrogen) atoms. The molecule has 1 aliphatic rings. The first-order valence-electron chi connectivity index (χ1n) is 4.45. The first kappa shape index (κ1) is 11.3. The number of nitrogens with zero attached hydrogens (tertiary/aromatic N) is 2. The molecule has 1 fully saturated rings. The Bertz CT molecular complexity index is 450. The summed E-state index contributed by atoms with van der Waals surface area (Å²) in [6.45, 7) is 0.167. The van der Waals surface area contributed by atoms with E-state index in [1.54, 1.807) is 12.3 Å². The van der Waals surface area contributed by atoms with Gasteiger partial charge in [-0.1, -0.05) is 11.6 Å². The largest absolute Gasteiger partial charge is 0.337 e. The van der Waals surface area contributed by atoms with E-state index in [4.69, 9.17) is 11.6 Å². The molecule has 1 saturated heterocycles. The molecule has 0 aliphatic carbocycles. The monoisotopic (exact) mass is 303 g/mol. The van der Waals surface area contributed by atoms with Crippen molar-refractivity contribution in [1.29, 1.82) is 0 Å². The van der Waals surface area contributed by atoms with Gasteiger partial charge in [-0.2, -0.15) is 0 Å². The zero-order chi connectivity index (χ0) is 11.7. The standard InChI is InChI=1S/C9H7BrClN3O2/c10-5-1-6(11)9(12-2-5)14-3-7(15)13-8(16)4-14/h1-2H,3-4H2,(H,13,15,16). The van der Waals surface area contributed by atoms with Gasteiger partial charge in [-0.3, -0.25) is 14.9 Å². The molecule has 5 nitrogen and oxygen atoms in total. The number of imide groups is 1. The number of rotatable bonds is 1. The average Bonchev–Trinajstić information content (AvgIpc) is 2.15. The van der Waals surface area contributed by atoms with E-state index in [0.717, 1.165) is 4.47 Å². The normalized spacial score (nSPS) is 16.2. The minimum Gasteiger partial charge on any atom is -0.337 e. The summed E-state index contributed by atoms with van der Waals surface area (Å²) in [7, 11) is 0. The SMILES string of the molecule is O=C1CN(c2ncc(Br)cc2Cl)CC(=O)N1. The van der Waals surface area contributed by atoms with Crippen molar-refractivity contribution in [2.45, 2.75) is 0 Å². The molecule has 1 aliphatic heterocycles. The van der Waals surface area contributed by atoms with Gasteiger partial charge < -0.3 is 4.90 Å². The van der Waals surface area contributed by atoms with E-state index < -0.39 is 0 Å².